The van der Waals surface area contributed by atoms with Crippen molar-refractivity contribution in [2.45, 2.75) is 6.54 Å². The summed E-state index contributed by atoms with van der Waals surface area (Å²) >= 11 is 12.0. The Morgan fingerprint density at radius 2 is 1.86 bits per heavy atom. The highest BCUT2D eigenvalue weighted by molar-refractivity contribution is 6.42. The molecule has 0 bridgehead atoms. The first-order valence-electron chi connectivity index (χ1n) is 9.13. The molecule has 0 saturated carbocycles. The average Bonchev–Trinajstić information content (AvgIpc) is 3.06. The highest BCUT2D eigenvalue weighted by Gasteiger charge is 2.17. The first-order chi connectivity index (χ1) is 13.6. The van der Waals surface area contributed by atoms with E-state index in [4.69, 9.17) is 27.9 Å². The number of benzene rings is 2. The van der Waals surface area contributed by atoms with Crippen LogP contribution in [0, 0.1) is 0 Å². The number of carbonyl (C=O) groups excluding carboxylic acids is 1. The number of nitrogens with zero attached hydrogens (tertiary/aromatic N) is 3. The van der Waals surface area contributed by atoms with Gasteiger partial charge in [-0.15, -0.1) is 0 Å². The van der Waals surface area contributed by atoms with Gasteiger partial charge in [0.2, 0.25) is 5.95 Å². The van der Waals surface area contributed by atoms with E-state index >= 15 is 0 Å². The van der Waals surface area contributed by atoms with Crippen molar-refractivity contribution in [1.29, 1.82) is 0 Å². The second-order valence-corrected chi connectivity index (χ2v) is 7.43. The predicted molar refractivity (Wildman–Crippen MR) is 111 cm³/mol. The summed E-state index contributed by atoms with van der Waals surface area (Å²) < 4.78 is 7.45. The summed E-state index contributed by atoms with van der Waals surface area (Å²) in [5.74, 6) is 0.243. The Balaban J connectivity index is 1.58. The van der Waals surface area contributed by atoms with Gasteiger partial charge in [0, 0.05) is 31.7 Å². The molecule has 1 aliphatic rings. The minimum atomic E-state index is -0.276. The van der Waals surface area contributed by atoms with Crippen molar-refractivity contribution >= 4 is 46.1 Å². The fraction of sp³-hybridized carbons (Fsp3) is 0.300. The van der Waals surface area contributed by atoms with Crippen molar-refractivity contribution in [2.75, 3.05) is 38.2 Å². The minimum Gasteiger partial charge on any atom is -0.379 e. The highest BCUT2D eigenvalue weighted by Crippen LogP contribution is 2.24. The van der Waals surface area contributed by atoms with Gasteiger partial charge in [0.15, 0.2) is 0 Å². The maximum absolute atomic E-state index is 12.7. The summed E-state index contributed by atoms with van der Waals surface area (Å²) in [6, 6.07) is 12.7. The zero-order valence-electron chi connectivity index (χ0n) is 15.2. The van der Waals surface area contributed by atoms with E-state index in [1.165, 1.54) is 0 Å². The lowest BCUT2D eigenvalue weighted by atomic mass is 10.2. The number of nitrogens with one attached hydrogen (secondary N) is 1. The van der Waals surface area contributed by atoms with E-state index in [-0.39, 0.29) is 5.91 Å². The van der Waals surface area contributed by atoms with Gasteiger partial charge < -0.3 is 9.30 Å². The van der Waals surface area contributed by atoms with Crippen LogP contribution in [-0.4, -0.2) is 53.2 Å². The number of amides is 1. The quantitative estimate of drug-likeness (QED) is 0.681. The van der Waals surface area contributed by atoms with Gasteiger partial charge >= 0.3 is 0 Å². The van der Waals surface area contributed by atoms with Crippen LogP contribution >= 0.6 is 23.2 Å². The molecule has 0 unspecified atom stereocenters. The van der Waals surface area contributed by atoms with Gasteiger partial charge in [-0.2, -0.15) is 0 Å². The van der Waals surface area contributed by atoms with Crippen LogP contribution in [0.5, 0.6) is 0 Å². The van der Waals surface area contributed by atoms with Crippen LogP contribution in [0.15, 0.2) is 42.5 Å². The molecular weight excluding hydrogens is 399 g/mol. The van der Waals surface area contributed by atoms with Crippen molar-refractivity contribution in [3.8, 4) is 0 Å². The van der Waals surface area contributed by atoms with Crippen LogP contribution in [0.3, 0.4) is 0 Å². The van der Waals surface area contributed by atoms with E-state index in [9.17, 15) is 4.79 Å². The van der Waals surface area contributed by atoms with Gasteiger partial charge in [-0.05, 0) is 30.3 Å². The molecule has 3 aromatic rings. The monoisotopic (exact) mass is 418 g/mol. The predicted octanol–water partition coefficient (Wildman–Crippen LogP) is 3.93. The molecule has 1 aromatic heterocycles. The number of hydrogen-bond acceptors (Lipinski definition) is 4. The molecule has 146 valence electrons. The summed E-state index contributed by atoms with van der Waals surface area (Å²) in [6.45, 7) is 4.92. The first kappa shape index (κ1) is 19.2. The second-order valence-electron chi connectivity index (χ2n) is 6.61. The molecule has 1 amide bonds. The summed E-state index contributed by atoms with van der Waals surface area (Å²) in [5, 5.41) is 3.67. The number of morpholine rings is 1. The number of ether oxygens (including phenoxy) is 1. The molecule has 6 nitrogen and oxygen atoms in total. The van der Waals surface area contributed by atoms with Gasteiger partial charge in [-0.25, -0.2) is 4.98 Å². The lowest BCUT2D eigenvalue weighted by molar-refractivity contribution is 0.0366. The number of hydrogen-bond donors (Lipinski definition) is 1. The molecular formula is C20H20Cl2N4O2. The lowest BCUT2D eigenvalue weighted by Crippen LogP contribution is -2.38. The maximum Gasteiger partial charge on any atom is 0.258 e. The highest BCUT2D eigenvalue weighted by atomic mass is 35.5. The van der Waals surface area contributed by atoms with Gasteiger partial charge in [0.05, 0.1) is 34.3 Å². The molecule has 1 aliphatic heterocycles. The van der Waals surface area contributed by atoms with E-state index in [2.05, 4.69) is 15.2 Å². The number of rotatable bonds is 5. The third kappa shape index (κ3) is 4.15. The molecule has 28 heavy (non-hydrogen) atoms. The molecule has 0 atom stereocenters. The normalized spacial score (nSPS) is 15.1. The molecule has 0 radical (unpaired) electrons. The molecule has 1 N–H and O–H groups in total. The number of para-hydroxylation sites is 2. The van der Waals surface area contributed by atoms with Crippen molar-refractivity contribution in [3.05, 3.63) is 58.1 Å². The summed E-state index contributed by atoms with van der Waals surface area (Å²) in [6.07, 6.45) is 0. The van der Waals surface area contributed by atoms with E-state index in [1.807, 2.05) is 28.8 Å². The molecule has 8 heteroatoms. The Kier molecular flexibility index (Phi) is 5.82. The summed E-state index contributed by atoms with van der Waals surface area (Å²) in [7, 11) is 0. The minimum absolute atomic E-state index is 0.276. The largest absolute Gasteiger partial charge is 0.379 e. The SMILES string of the molecule is O=C(Nc1nc2ccccc2n1CCN1CCOCC1)c1ccc(Cl)c(Cl)c1. The van der Waals surface area contributed by atoms with Crippen LogP contribution in [0.25, 0.3) is 11.0 Å². The zero-order valence-corrected chi connectivity index (χ0v) is 16.7. The lowest BCUT2D eigenvalue weighted by Gasteiger charge is -2.26. The molecule has 0 aliphatic carbocycles. The van der Waals surface area contributed by atoms with Crippen LogP contribution in [0.4, 0.5) is 5.95 Å². The van der Waals surface area contributed by atoms with Crippen molar-refractivity contribution in [1.82, 2.24) is 14.5 Å². The van der Waals surface area contributed by atoms with Gasteiger partial charge in [-0.1, -0.05) is 35.3 Å². The number of halogens is 2. The Hall–Kier alpha value is -2.12. The maximum atomic E-state index is 12.7. The molecule has 1 fully saturated rings. The number of carbonyl (C=O) groups is 1. The fourth-order valence-electron chi connectivity index (χ4n) is 3.27. The van der Waals surface area contributed by atoms with Gasteiger partial charge in [0.25, 0.3) is 5.91 Å². The summed E-state index contributed by atoms with van der Waals surface area (Å²) in [4.78, 5) is 19.7. The standard InChI is InChI=1S/C20H20Cl2N4O2/c21-15-6-5-14(13-16(15)22)19(27)24-20-23-17-3-1-2-4-18(17)26(20)8-7-25-9-11-28-12-10-25/h1-6,13H,7-12H2,(H,23,24,27). The Bertz CT molecular complexity index is 999. The number of anilines is 1. The Morgan fingerprint density at radius 1 is 1.07 bits per heavy atom. The first-order valence-corrected chi connectivity index (χ1v) is 9.89. The number of imidazole rings is 1. The summed E-state index contributed by atoms with van der Waals surface area (Å²) in [5.41, 5.74) is 2.26. The zero-order chi connectivity index (χ0) is 19.5. The number of aromatic nitrogens is 2. The molecule has 2 aromatic carbocycles. The van der Waals surface area contributed by atoms with E-state index in [0.29, 0.717) is 21.6 Å². The molecule has 2 heterocycles. The molecule has 4 rings (SSSR count). The fourth-order valence-corrected chi connectivity index (χ4v) is 3.57. The molecule has 1 saturated heterocycles. The van der Waals surface area contributed by atoms with Crippen molar-refractivity contribution in [2.24, 2.45) is 0 Å². The average molecular weight is 419 g/mol. The number of fused-ring (bicyclic) bond motifs is 1. The van der Waals surface area contributed by atoms with Crippen molar-refractivity contribution in [3.63, 3.8) is 0 Å². The Labute approximate surface area is 173 Å². The van der Waals surface area contributed by atoms with Gasteiger partial charge in [-0.3, -0.25) is 15.0 Å². The van der Waals surface area contributed by atoms with E-state index in [0.717, 1.165) is 50.4 Å². The van der Waals surface area contributed by atoms with Crippen molar-refractivity contribution < 1.29 is 9.53 Å². The molecule has 0 spiro atoms. The smallest absolute Gasteiger partial charge is 0.258 e. The topological polar surface area (TPSA) is 59.4 Å². The Morgan fingerprint density at radius 3 is 2.64 bits per heavy atom. The third-order valence-corrected chi connectivity index (χ3v) is 5.54. The van der Waals surface area contributed by atoms with Gasteiger partial charge in [0.1, 0.15) is 0 Å². The van der Waals surface area contributed by atoms with Crippen LogP contribution in [0.2, 0.25) is 10.0 Å². The van der Waals surface area contributed by atoms with E-state index < -0.39 is 0 Å². The van der Waals surface area contributed by atoms with Crippen LogP contribution < -0.4 is 5.32 Å². The van der Waals surface area contributed by atoms with Crippen LogP contribution in [0.1, 0.15) is 10.4 Å². The van der Waals surface area contributed by atoms with Crippen LogP contribution in [-0.2, 0) is 11.3 Å². The van der Waals surface area contributed by atoms with E-state index in [1.54, 1.807) is 18.2 Å². The second kappa shape index (κ2) is 8.49. The third-order valence-electron chi connectivity index (χ3n) is 4.81.